The zero-order valence-electron chi connectivity index (χ0n) is 14.0. The van der Waals surface area contributed by atoms with E-state index in [1.54, 1.807) is 12.1 Å². The van der Waals surface area contributed by atoms with Crippen molar-refractivity contribution in [2.45, 2.75) is 51.4 Å². The molecule has 1 aromatic carbocycles. The largest absolute Gasteiger partial charge is 0.380 e. The van der Waals surface area contributed by atoms with E-state index in [0.29, 0.717) is 11.3 Å². The molecular formula is C19H30FNO. The second kappa shape index (κ2) is 8.64. The zero-order chi connectivity index (χ0) is 15.8. The van der Waals surface area contributed by atoms with Crippen LogP contribution in [0.25, 0.3) is 0 Å². The SMILES string of the molecule is CCOCCNCCC(C)CC1(c2ccc(F)cc2)CCC1. The third kappa shape index (κ3) is 4.79. The average molecular weight is 307 g/mol. The van der Waals surface area contributed by atoms with Gasteiger partial charge >= 0.3 is 0 Å². The van der Waals surface area contributed by atoms with Gasteiger partial charge in [-0.05, 0) is 68.2 Å². The molecule has 3 heteroatoms. The highest BCUT2D eigenvalue weighted by Crippen LogP contribution is 2.48. The van der Waals surface area contributed by atoms with Crippen LogP contribution < -0.4 is 5.32 Å². The third-order valence-corrected chi connectivity index (χ3v) is 4.95. The highest BCUT2D eigenvalue weighted by molar-refractivity contribution is 5.28. The van der Waals surface area contributed by atoms with Crippen LogP contribution in [0.3, 0.4) is 0 Å². The molecule has 0 bridgehead atoms. The van der Waals surface area contributed by atoms with E-state index < -0.39 is 0 Å². The van der Waals surface area contributed by atoms with Gasteiger partial charge in [0.25, 0.3) is 0 Å². The summed E-state index contributed by atoms with van der Waals surface area (Å²) in [7, 11) is 0. The molecule has 0 heterocycles. The number of nitrogens with one attached hydrogen (secondary N) is 1. The fraction of sp³-hybridized carbons (Fsp3) is 0.684. The maximum atomic E-state index is 13.1. The lowest BCUT2D eigenvalue weighted by molar-refractivity contribution is 0.148. The quantitative estimate of drug-likeness (QED) is 0.651. The van der Waals surface area contributed by atoms with Crippen molar-refractivity contribution in [3.05, 3.63) is 35.6 Å². The minimum atomic E-state index is -0.134. The monoisotopic (exact) mass is 307 g/mol. The van der Waals surface area contributed by atoms with Gasteiger partial charge in [-0.25, -0.2) is 4.39 Å². The molecular weight excluding hydrogens is 277 g/mol. The van der Waals surface area contributed by atoms with E-state index in [0.717, 1.165) is 26.3 Å². The molecule has 0 saturated heterocycles. The van der Waals surface area contributed by atoms with Crippen molar-refractivity contribution in [2.75, 3.05) is 26.3 Å². The van der Waals surface area contributed by atoms with E-state index >= 15 is 0 Å². The summed E-state index contributed by atoms with van der Waals surface area (Å²) in [5.74, 6) is 0.551. The predicted octanol–water partition coefficient (Wildman–Crippen LogP) is 4.29. The summed E-state index contributed by atoms with van der Waals surface area (Å²) in [5, 5.41) is 3.45. The molecule has 0 radical (unpaired) electrons. The van der Waals surface area contributed by atoms with Crippen LogP contribution >= 0.6 is 0 Å². The molecule has 1 N–H and O–H groups in total. The summed E-state index contributed by atoms with van der Waals surface area (Å²) < 4.78 is 18.5. The van der Waals surface area contributed by atoms with E-state index in [9.17, 15) is 4.39 Å². The molecule has 0 aliphatic heterocycles. The molecule has 1 aliphatic rings. The number of halogens is 1. The van der Waals surface area contributed by atoms with E-state index in [2.05, 4.69) is 12.2 Å². The molecule has 1 saturated carbocycles. The van der Waals surface area contributed by atoms with Gasteiger partial charge in [0.15, 0.2) is 0 Å². The summed E-state index contributed by atoms with van der Waals surface area (Å²) in [5.41, 5.74) is 1.63. The molecule has 0 spiro atoms. The van der Waals surface area contributed by atoms with Crippen LogP contribution in [-0.2, 0) is 10.2 Å². The molecule has 1 aromatic rings. The normalized spacial score (nSPS) is 18.0. The maximum absolute atomic E-state index is 13.1. The number of rotatable bonds is 10. The van der Waals surface area contributed by atoms with Gasteiger partial charge in [0, 0.05) is 13.2 Å². The molecule has 1 aliphatic carbocycles. The Morgan fingerprint density at radius 1 is 1.23 bits per heavy atom. The van der Waals surface area contributed by atoms with E-state index in [4.69, 9.17) is 4.74 Å². The number of ether oxygens (including phenoxy) is 1. The molecule has 1 atom stereocenters. The molecule has 0 amide bonds. The van der Waals surface area contributed by atoms with Crippen molar-refractivity contribution in [2.24, 2.45) is 5.92 Å². The first-order valence-electron chi connectivity index (χ1n) is 8.71. The first-order valence-corrected chi connectivity index (χ1v) is 8.71. The molecule has 1 fully saturated rings. The maximum Gasteiger partial charge on any atom is 0.123 e. The van der Waals surface area contributed by atoms with Gasteiger partial charge in [0.05, 0.1) is 6.61 Å². The lowest BCUT2D eigenvalue weighted by Gasteiger charge is -2.44. The van der Waals surface area contributed by atoms with Crippen LogP contribution in [0.15, 0.2) is 24.3 Å². The number of benzene rings is 1. The Bertz CT molecular complexity index is 428. The van der Waals surface area contributed by atoms with E-state index in [1.807, 2.05) is 19.1 Å². The molecule has 22 heavy (non-hydrogen) atoms. The first kappa shape index (κ1) is 17.4. The molecule has 2 rings (SSSR count). The lowest BCUT2D eigenvalue weighted by Crippen LogP contribution is -2.36. The predicted molar refractivity (Wildman–Crippen MR) is 89.7 cm³/mol. The van der Waals surface area contributed by atoms with Crippen molar-refractivity contribution in [3.63, 3.8) is 0 Å². The van der Waals surface area contributed by atoms with Gasteiger partial charge in [-0.3, -0.25) is 0 Å². The van der Waals surface area contributed by atoms with Crippen LogP contribution in [0.2, 0.25) is 0 Å². The van der Waals surface area contributed by atoms with Gasteiger partial charge in [0.2, 0.25) is 0 Å². The Kier molecular flexibility index (Phi) is 6.84. The Labute approximate surface area is 134 Å². The fourth-order valence-corrected chi connectivity index (χ4v) is 3.55. The van der Waals surface area contributed by atoms with Crippen LogP contribution in [0.4, 0.5) is 4.39 Å². The van der Waals surface area contributed by atoms with Crippen molar-refractivity contribution >= 4 is 0 Å². The van der Waals surface area contributed by atoms with Crippen molar-refractivity contribution in [1.82, 2.24) is 5.32 Å². The minimum Gasteiger partial charge on any atom is -0.380 e. The van der Waals surface area contributed by atoms with Gasteiger partial charge < -0.3 is 10.1 Å². The van der Waals surface area contributed by atoms with Crippen molar-refractivity contribution < 1.29 is 9.13 Å². The van der Waals surface area contributed by atoms with Crippen molar-refractivity contribution in [1.29, 1.82) is 0 Å². The van der Waals surface area contributed by atoms with Gasteiger partial charge in [-0.1, -0.05) is 25.5 Å². The highest BCUT2D eigenvalue weighted by atomic mass is 19.1. The Hall–Kier alpha value is -0.930. The lowest BCUT2D eigenvalue weighted by atomic mass is 9.60. The van der Waals surface area contributed by atoms with Crippen molar-refractivity contribution in [3.8, 4) is 0 Å². The third-order valence-electron chi connectivity index (χ3n) is 4.95. The van der Waals surface area contributed by atoms with Crippen LogP contribution in [-0.4, -0.2) is 26.3 Å². The summed E-state index contributed by atoms with van der Waals surface area (Å²) in [6, 6.07) is 7.19. The van der Waals surface area contributed by atoms with E-state index in [1.165, 1.54) is 37.7 Å². The topological polar surface area (TPSA) is 21.3 Å². The summed E-state index contributed by atoms with van der Waals surface area (Å²) in [6.45, 7) is 7.93. The highest BCUT2D eigenvalue weighted by Gasteiger charge is 2.39. The standard InChI is InChI=1S/C19H30FNO/c1-3-22-14-13-21-12-9-16(2)15-19(10-4-11-19)17-5-7-18(20)8-6-17/h5-8,16,21H,3-4,9-15H2,1-2H3. The summed E-state index contributed by atoms with van der Waals surface area (Å²) >= 11 is 0. The Morgan fingerprint density at radius 3 is 2.55 bits per heavy atom. The van der Waals surface area contributed by atoms with Crippen LogP contribution in [0.1, 0.15) is 51.5 Å². The van der Waals surface area contributed by atoms with E-state index in [-0.39, 0.29) is 5.82 Å². The summed E-state index contributed by atoms with van der Waals surface area (Å²) in [4.78, 5) is 0. The van der Waals surface area contributed by atoms with Gasteiger partial charge in [-0.2, -0.15) is 0 Å². The minimum absolute atomic E-state index is 0.134. The van der Waals surface area contributed by atoms with Gasteiger partial charge in [-0.15, -0.1) is 0 Å². The smallest absolute Gasteiger partial charge is 0.123 e. The van der Waals surface area contributed by atoms with Crippen LogP contribution in [0.5, 0.6) is 0 Å². The molecule has 2 nitrogen and oxygen atoms in total. The zero-order valence-corrected chi connectivity index (χ0v) is 14.0. The molecule has 1 unspecified atom stereocenters. The fourth-order valence-electron chi connectivity index (χ4n) is 3.55. The number of hydrogen-bond acceptors (Lipinski definition) is 2. The number of hydrogen-bond donors (Lipinski definition) is 1. The summed E-state index contributed by atoms with van der Waals surface area (Å²) in [6.07, 6.45) is 6.21. The second-order valence-electron chi connectivity index (χ2n) is 6.69. The average Bonchev–Trinajstić information content (AvgIpc) is 2.47. The van der Waals surface area contributed by atoms with Gasteiger partial charge in [0.1, 0.15) is 5.82 Å². The molecule has 124 valence electrons. The Balaban J connectivity index is 1.76. The molecule has 0 aromatic heterocycles. The second-order valence-corrected chi connectivity index (χ2v) is 6.69. The Morgan fingerprint density at radius 2 is 1.95 bits per heavy atom. The first-order chi connectivity index (χ1) is 10.7. The van der Waals surface area contributed by atoms with Crippen LogP contribution in [0, 0.1) is 11.7 Å².